The molecule has 110 valence electrons. The number of halogens is 1. The lowest BCUT2D eigenvalue weighted by Gasteiger charge is -2.13. The van der Waals surface area contributed by atoms with Gasteiger partial charge >= 0.3 is 5.69 Å². The minimum Gasteiger partial charge on any atom is -0.486 e. The molecule has 0 bridgehead atoms. The number of rotatable bonds is 4. The molecule has 3 rings (SSSR count). The van der Waals surface area contributed by atoms with Crippen LogP contribution in [-0.4, -0.2) is 29.6 Å². The predicted molar refractivity (Wildman–Crippen MR) is 82.6 cm³/mol. The summed E-state index contributed by atoms with van der Waals surface area (Å²) in [6.07, 6.45) is 2.29. The first-order chi connectivity index (χ1) is 10.1. The molecule has 1 aliphatic heterocycles. The van der Waals surface area contributed by atoms with E-state index in [0.717, 1.165) is 24.0 Å². The fourth-order valence-electron chi connectivity index (χ4n) is 2.47. The van der Waals surface area contributed by atoms with Crippen LogP contribution in [0.2, 0.25) is 0 Å². The van der Waals surface area contributed by atoms with Crippen LogP contribution in [0.15, 0.2) is 28.9 Å². The summed E-state index contributed by atoms with van der Waals surface area (Å²) in [7, 11) is 0. The first kappa shape index (κ1) is 14.2. The largest absolute Gasteiger partial charge is 0.486 e. The van der Waals surface area contributed by atoms with Gasteiger partial charge in [0.2, 0.25) is 5.75 Å². The lowest BCUT2D eigenvalue weighted by Crippen LogP contribution is -2.16. The van der Waals surface area contributed by atoms with Gasteiger partial charge in [0, 0.05) is 16.9 Å². The fourth-order valence-corrected chi connectivity index (χ4v) is 2.83. The van der Waals surface area contributed by atoms with E-state index >= 15 is 0 Å². The molecule has 0 amide bonds. The van der Waals surface area contributed by atoms with E-state index in [1.54, 1.807) is 6.07 Å². The van der Waals surface area contributed by atoms with Crippen LogP contribution in [0.1, 0.15) is 6.42 Å². The average Bonchev–Trinajstić information content (AvgIpc) is 2.97. The highest BCUT2D eigenvalue weighted by Gasteiger charge is 2.22. The zero-order valence-corrected chi connectivity index (χ0v) is 12.8. The minimum atomic E-state index is -0.449. The van der Waals surface area contributed by atoms with Gasteiger partial charge in [0.1, 0.15) is 6.20 Å². The number of hydrogen-bond donors (Lipinski definition) is 1. The summed E-state index contributed by atoms with van der Waals surface area (Å²) in [5.41, 5.74) is 0.593. The van der Waals surface area contributed by atoms with E-state index in [9.17, 15) is 10.1 Å². The van der Waals surface area contributed by atoms with E-state index in [1.807, 2.05) is 12.1 Å². The van der Waals surface area contributed by atoms with Gasteiger partial charge < -0.3 is 10.1 Å². The van der Waals surface area contributed by atoms with Crippen molar-refractivity contribution in [2.75, 3.05) is 19.7 Å². The molecule has 1 unspecified atom stereocenters. The van der Waals surface area contributed by atoms with Crippen LogP contribution < -0.4 is 10.1 Å². The number of nitrogens with zero attached hydrogens (tertiary/aromatic N) is 2. The molecule has 1 aliphatic rings. The van der Waals surface area contributed by atoms with Gasteiger partial charge in [0.15, 0.2) is 0 Å². The molecular formula is C14H14BrN3O3. The molecule has 1 aromatic heterocycles. The maximum Gasteiger partial charge on any atom is 0.329 e. The molecule has 2 aromatic rings. The van der Waals surface area contributed by atoms with Crippen molar-refractivity contribution in [1.29, 1.82) is 0 Å². The Labute approximate surface area is 129 Å². The summed E-state index contributed by atoms with van der Waals surface area (Å²) in [4.78, 5) is 14.9. The summed E-state index contributed by atoms with van der Waals surface area (Å²) in [5.74, 6) is 0.693. The van der Waals surface area contributed by atoms with Gasteiger partial charge in [0.25, 0.3) is 0 Å². The zero-order chi connectivity index (χ0) is 14.8. The van der Waals surface area contributed by atoms with E-state index in [0.29, 0.717) is 29.2 Å². The highest BCUT2D eigenvalue weighted by atomic mass is 79.9. The van der Waals surface area contributed by atoms with E-state index in [1.165, 1.54) is 6.20 Å². The number of nitro groups is 1. The van der Waals surface area contributed by atoms with Crippen LogP contribution in [-0.2, 0) is 0 Å². The minimum absolute atomic E-state index is 0.0912. The smallest absolute Gasteiger partial charge is 0.329 e. The van der Waals surface area contributed by atoms with Crippen molar-refractivity contribution < 1.29 is 9.66 Å². The normalized spacial score (nSPS) is 18.0. The number of benzene rings is 1. The quantitative estimate of drug-likeness (QED) is 0.676. The molecule has 7 heteroatoms. The predicted octanol–water partition coefficient (Wildman–Crippen LogP) is 2.89. The van der Waals surface area contributed by atoms with Crippen LogP contribution in [0.4, 0.5) is 5.69 Å². The van der Waals surface area contributed by atoms with Crippen molar-refractivity contribution in [3.63, 3.8) is 0 Å². The molecule has 0 saturated carbocycles. The number of nitrogens with one attached hydrogen (secondary N) is 1. The SMILES string of the molecule is O=[N+]([O-])c1cnc2ccc(Br)cc2c1OCC1CCNC1. The van der Waals surface area contributed by atoms with Gasteiger partial charge in [0.05, 0.1) is 22.4 Å². The third-order valence-electron chi connectivity index (χ3n) is 3.58. The molecule has 1 saturated heterocycles. The van der Waals surface area contributed by atoms with Crippen LogP contribution in [0.25, 0.3) is 10.9 Å². The first-order valence-corrected chi connectivity index (χ1v) is 7.50. The second-order valence-electron chi connectivity index (χ2n) is 5.06. The van der Waals surface area contributed by atoms with E-state index < -0.39 is 4.92 Å². The van der Waals surface area contributed by atoms with Crippen molar-refractivity contribution in [2.24, 2.45) is 5.92 Å². The summed E-state index contributed by atoms with van der Waals surface area (Å²) in [6, 6.07) is 5.47. The molecule has 1 atom stereocenters. The van der Waals surface area contributed by atoms with E-state index in [2.05, 4.69) is 26.2 Å². The monoisotopic (exact) mass is 351 g/mol. The zero-order valence-electron chi connectivity index (χ0n) is 11.2. The van der Waals surface area contributed by atoms with E-state index in [-0.39, 0.29) is 5.69 Å². The highest BCUT2D eigenvalue weighted by Crippen LogP contribution is 2.35. The molecule has 2 heterocycles. The lowest BCUT2D eigenvalue weighted by atomic mass is 10.1. The van der Waals surface area contributed by atoms with Gasteiger partial charge in [-0.2, -0.15) is 0 Å². The summed E-state index contributed by atoms with van der Waals surface area (Å²) < 4.78 is 6.65. The molecule has 0 radical (unpaired) electrons. The maximum atomic E-state index is 11.2. The molecule has 1 N–H and O–H groups in total. The molecular weight excluding hydrogens is 338 g/mol. The van der Waals surface area contributed by atoms with Gasteiger partial charge in [-0.3, -0.25) is 10.1 Å². The van der Waals surface area contributed by atoms with Crippen molar-refractivity contribution >= 4 is 32.5 Å². The van der Waals surface area contributed by atoms with Crippen LogP contribution in [0, 0.1) is 16.0 Å². The van der Waals surface area contributed by atoms with Crippen molar-refractivity contribution in [2.45, 2.75) is 6.42 Å². The Kier molecular flexibility index (Phi) is 4.03. The fraction of sp³-hybridized carbons (Fsp3) is 0.357. The summed E-state index contributed by atoms with van der Waals surface area (Å²) in [5, 5.41) is 15.1. The maximum absolute atomic E-state index is 11.2. The third kappa shape index (κ3) is 2.98. The Morgan fingerprint density at radius 3 is 3.10 bits per heavy atom. The Morgan fingerprint density at radius 2 is 2.38 bits per heavy atom. The number of pyridine rings is 1. The van der Waals surface area contributed by atoms with Crippen molar-refractivity contribution in [3.05, 3.63) is 39.0 Å². The van der Waals surface area contributed by atoms with Gasteiger partial charge in [-0.25, -0.2) is 4.98 Å². The lowest BCUT2D eigenvalue weighted by molar-refractivity contribution is -0.386. The Morgan fingerprint density at radius 1 is 1.52 bits per heavy atom. The molecule has 21 heavy (non-hydrogen) atoms. The van der Waals surface area contributed by atoms with Gasteiger partial charge in [-0.05, 0) is 31.2 Å². The molecule has 1 aromatic carbocycles. The van der Waals surface area contributed by atoms with Crippen LogP contribution >= 0.6 is 15.9 Å². The summed E-state index contributed by atoms with van der Waals surface area (Å²) in [6.45, 7) is 2.33. The second-order valence-corrected chi connectivity index (χ2v) is 5.98. The number of hydrogen-bond acceptors (Lipinski definition) is 5. The number of aromatic nitrogens is 1. The topological polar surface area (TPSA) is 77.3 Å². The average molecular weight is 352 g/mol. The molecule has 1 fully saturated rings. The van der Waals surface area contributed by atoms with E-state index in [4.69, 9.17) is 4.74 Å². The third-order valence-corrected chi connectivity index (χ3v) is 4.08. The molecule has 6 nitrogen and oxygen atoms in total. The Hall–Kier alpha value is -1.73. The highest BCUT2D eigenvalue weighted by molar-refractivity contribution is 9.10. The Bertz CT molecular complexity index is 686. The Balaban J connectivity index is 2.00. The standard InChI is InChI=1S/C14H14BrN3O3/c15-10-1-2-12-11(5-10)14(13(7-17-12)18(19)20)21-8-9-3-4-16-6-9/h1-2,5,7,9,16H,3-4,6,8H2. The molecule has 0 spiro atoms. The van der Waals surface area contributed by atoms with Gasteiger partial charge in [-0.15, -0.1) is 0 Å². The van der Waals surface area contributed by atoms with Crippen molar-refractivity contribution in [3.8, 4) is 5.75 Å². The number of ether oxygens (including phenoxy) is 1. The summed E-state index contributed by atoms with van der Waals surface area (Å²) >= 11 is 3.38. The molecule has 0 aliphatic carbocycles. The van der Waals surface area contributed by atoms with Crippen molar-refractivity contribution in [1.82, 2.24) is 10.3 Å². The second kappa shape index (κ2) is 5.95. The number of fused-ring (bicyclic) bond motifs is 1. The van der Waals surface area contributed by atoms with Crippen LogP contribution in [0.5, 0.6) is 5.75 Å². The van der Waals surface area contributed by atoms with Gasteiger partial charge in [-0.1, -0.05) is 15.9 Å². The van der Waals surface area contributed by atoms with Crippen LogP contribution in [0.3, 0.4) is 0 Å². The first-order valence-electron chi connectivity index (χ1n) is 6.71.